The Bertz CT molecular complexity index is 540. The molecular weight excluding hydrogens is 208 g/mol. The Morgan fingerprint density at radius 3 is 2.71 bits per heavy atom. The normalized spacial score (nSPS) is 12.2. The number of hydrogen-bond donors (Lipinski definition) is 1. The molecule has 0 bridgehead atoms. The number of nitriles is 1. The first-order valence-electron chi connectivity index (χ1n) is 5.90. The molecule has 0 amide bonds. The second-order valence-corrected chi connectivity index (χ2v) is 4.19. The van der Waals surface area contributed by atoms with Crippen LogP contribution in [0.2, 0.25) is 0 Å². The van der Waals surface area contributed by atoms with Gasteiger partial charge in [-0.2, -0.15) is 5.26 Å². The Hall–Kier alpha value is -1.85. The van der Waals surface area contributed by atoms with Crippen molar-refractivity contribution >= 4 is 10.8 Å². The summed E-state index contributed by atoms with van der Waals surface area (Å²) in [6.45, 7) is 2.87. The van der Waals surface area contributed by atoms with Gasteiger partial charge in [-0.05, 0) is 29.3 Å². The van der Waals surface area contributed by atoms with E-state index in [1.807, 2.05) is 0 Å². The van der Waals surface area contributed by atoms with E-state index in [2.05, 4.69) is 60.8 Å². The number of nitrogens with one attached hydrogen (secondary N) is 1. The monoisotopic (exact) mass is 224 g/mol. The number of nitrogens with zero attached hydrogens (tertiary/aromatic N) is 1. The van der Waals surface area contributed by atoms with Crippen LogP contribution >= 0.6 is 0 Å². The van der Waals surface area contributed by atoms with E-state index in [-0.39, 0.29) is 6.04 Å². The SMILES string of the molecule is CC(NCCC#N)c1ccc2ccccc2c1. The van der Waals surface area contributed by atoms with Crippen LogP contribution in [0.5, 0.6) is 0 Å². The first-order valence-corrected chi connectivity index (χ1v) is 5.90. The number of hydrogen-bond acceptors (Lipinski definition) is 2. The zero-order valence-electron chi connectivity index (χ0n) is 9.98. The Balaban J connectivity index is 2.16. The zero-order valence-corrected chi connectivity index (χ0v) is 9.98. The van der Waals surface area contributed by atoms with Crippen LogP contribution in [0.3, 0.4) is 0 Å². The Labute approximate surface area is 102 Å². The van der Waals surface area contributed by atoms with E-state index >= 15 is 0 Å². The third kappa shape index (κ3) is 2.83. The van der Waals surface area contributed by atoms with E-state index in [4.69, 9.17) is 5.26 Å². The lowest BCUT2D eigenvalue weighted by molar-refractivity contribution is 0.583. The highest BCUT2D eigenvalue weighted by atomic mass is 14.9. The van der Waals surface area contributed by atoms with E-state index in [1.54, 1.807) is 0 Å². The molecule has 2 nitrogen and oxygen atoms in total. The zero-order chi connectivity index (χ0) is 12.1. The minimum absolute atomic E-state index is 0.285. The standard InChI is InChI=1S/C15H16N2/c1-12(17-10-4-9-16)14-8-7-13-5-2-3-6-15(13)11-14/h2-3,5-8,11-12,17H,4,10H2,1H3. The fourth-order valence-corrected chi connectivity index (χ4v) is 1.94. The summed E-state index contributed by atoms with van der Waals surface area (Å²) in [6.07, 6.45) is 0.553. The van der Waals surface area contributed by atoms with Crippen molar-refractivity contribution in [2.24, 2.45) is 0 Å². The van der Waals surface area contributed by atoms with Crippen molar-refractivity contribution in [1.29, 1.82) is 5.26 Å². The van der Waals surface area contributed by atoms with Crippen LogP contribution in [0, 0.1) is 11.3 Å². The van der Waals surface area contributed by atoms with Gasteiger partial charge >= 0.3 is 0 Å². The molecule has 0 aliphatic carbocycles. The lowest BCUT2D eigenvalue weighted by atomic mass is 10.0. The van der Waals surface area contributed by atoms with Crippen molar-refractivity contribution in [3.8, 4) is 6.07 Å². The molecule has 2 aromatic carbocycles. The van der Waals surface area contributed by atoms with E-state index in [1.165, 1.54) is 16.3 Å². The smallest absolute Gasteiger partial charge is 0.0635 e. The maximum atomic E-state index is 8.50. The molecule has 0 radical (unpaired) electrons. The second-order valence-electron chi connectivity index (χ2n) is 4.19. The summed E-state index contributed by atoms with van der Waals surface area (Å²) < 4.78 is 0. The van der Waals surface area contributed by atoms with Gasteiger partial charge in [-0.15, -0.1) is 0 Å². The molecule has 0 aromatic heterocycles. The van der Waals surface area contributed by atoms with E-state index in [9.17, 15) is 0 Å². The van der Waals surface area contributed by atoms with Crippen LogP contribution in [0.15, 0.2) is 42.5 Å². The average molecular weight is 224 g/mol. The molecule has 0 aliphatic rings. The molecule has 0 saturated heterocycles. The summed E-state index contributed by atoms with van der Waals surface area (Å²) in [5.74, 6) is 0. The molecule has 2 heteroatoms. The Kier molecular flexibility index (Phi) is 3.74. The quantitative estimate of drug-likeness (QED) is 0.808. The van der Waals surface area contributed by atoms with Gasteiger partial charge in [0.05, 0.1) is 6.07 Å². The van der Waals surface area contributed by atoms with Crippen molar-refractivity contribution < 1.29 is 0 Å². The fraction of sp³-hybridized carbons (Fsp3) is 0.267. The largest absolute Gasteiger partial charge is 0.309 e. The van der Waals surface area contributed by atoms with Gasteiger partial charge in [-0.3, -0.25) is 0 Å². The van der Waals surface area contributed by atoms with Crippen LogP contribution in [-0.4, -0.2) is 6.54 Å². The summed E-state index contributed by atoms with van der Waals surface area (Å²) in [6, 6.07) is 17.3. The molecule has 1 N–H and O–H groups in total. The van der Waals surface area contributed by atoms with E-state index in [0.29, 0.717) is 6.42 Å². The highest BCUT2D eigenvalue weighted by Crippen LogP contribution is 2.20. The molecule has 2 rings (SSSR count). The van der Waals surface area contributed by atoms with Crippen LogP contribution in [0.25, 0.3) is 10.8 Å². The minimum Gasteiger partial charge on any atom is -0.309 e. The highest BCUT2D eigenvalue weighted by molar-refractivity contribution is 5.83. The molecule has 0 aliphatic heterocycles. The molecule has 1 atom stereocenters. The topological polar surface area (TPSA) is 35.8 Å². The van der Waals surface area contributed by atoms with Gasteiger partial charge in [-0.1, -0.05) is 36.4 Å². The van der Waals surface area contributed by atoms with Crippen molar-refractivity contribution in [2.75, 3.05) is 6.54 Å². The number of fused-ring (bicyclic) bond motifs is 1. The summed E-state index contributed by atoms with van der Waals surface area (Å²) in [5.41, 5.74) is 1.27. The van der Waals surface area contributed by atoms with Gasteiger partial charge < -0.3 is 5.32 Å². The third-order valence-electron chi connectivity index (χ3n) is 2.96. The third-order valence-corrected chi connectivity index (χ3v) is 2.96. The van der Waals surface area contributed by atoms with Gasteiger partial charge in [0.2, 0.25) is 0 Å². The lowest BCUT2D eigenvalue weighted by Gasteiger charge is -2.13. The van der Waals surface area contributed by atoms with E-state index < -0.39 is 0 Å². The molecule has 0 spiro atoms. The summed E-state index contributed by atoms with van der Waals surface area (Å²) in [4.78, 5) is 0. The molecular formula is C15H16N2. The van der Waals surface area contributed by atoms with Crippen molar-refractivity contribution in [1.82, 2.24) is 5.32 Å². The first-order chi connectivity index (χ1) is 8.31. The second kappa shape index (κ2) is 5.47. The molecule has 0 saturated carbocycles. The molecule has 1 unspecified atom stereocenters. The van der Waals surface area contributed by atoms with Crippen LogP contribution in [0.4, 0.5) is 0 Å². The van der Waals surface area contributed by atoms with Gasteiger partial charge in [-0.25, -0.2) is 0 Å². The highest BCUT2D eigenvalue weighted by Gasteiger charge is 2.04. The molecule has 0 heterocycles. The summed E-state index contributed by atoms with van der Waals surface area (Å²) in [5, 5.41) is 14.4. The maximum absolute atomic E-state index is 8.50. The molecule has 0 fully saturated rings. The molecule has 2 aromatic rings. The van der Waals surface area contributed by atoms with Crippen molar-refractivity contribution in [3.63, 3.8) is 0 Å². The minimum atomic E-state index is 0.285. The molecule has 17 heavy (non-hydrogen) atoms. The van der Waals surface area contributed by atoms with Crippen LogP contribution < -0.4 is 5.32 Å². The predicted molar refractivity (Wildman–Crippen MR) is 70.6 cm³/mol. The van der Waals surface area contributed by atoms with Gasteiger partial charge in [0.15, 0.2) is 0 Å². The van der Waals surface area contributed by atoms with E-state index in [0.717, 1.165) is 6.54 Å². The fourth-order valence-electron chi connectivity index (χ4n) is 1.94. The van der Waals surface area contributed by atoms with Crippen LogP contribution in [0.1, 0.15) is 24.9 Å². The van der Waals surface area contributed by atoms with Gasteiger partial charge in [0.1, 0.15) is 0 Å². The number of rotatable bonds is 4. The van der Waals surface area contributed by atoms with Crippen LogP contribution in [-0.2, 0) is 0 Å². The maximum Gasteiger partial charge on any atom is 0.0635 e. The molecule has 86 valence electrons. The van der Waals surface area contributed by atoms with Crippen molar-refractivity contribution in [3.05, 3.63) is 48.0 Å². The van der Waals surface area contributed by atoms with Gasteiger partial charge in [0, 0.05) is 19.0 Å². The summed E-state index contributed by atoms with van der Waals surface area (Å²) >= 11 is 0. The predicted octanol–water partition coefficient (Wildman–Crippen LogP) is 3.40. The summed E-state index contributed by atoms with van der Waals surface area (Å²) in [7, 11) is 0. The average Bonchev–Trinajstić information content (AvgIpc) is 2.38. The first kappa shape index (κ1) is 11.6. The van der Waals surface area contributed by atoms with Crippen molar-refractivity contribution in [2.45, 2.75) is 19.4 Å². The Morgan fingerprint density at radius 2 is 1.94 bits per heavy atom. The Morgan fingerprint density at radius 1 is 1.18 bits per heavy atom. The number of benzene rings is 2. The van der Waals surface area contributed by atoms with Gasteiger partial charge in [0.25, 0.3) is 0 Å². The lowest BCUT2D eigenvalue weighted by Crippen LogP contribution is -2.19.